The van der Waals surface area contributed by atoms with Gasteiger partial charge in [-0.15, -0.1) is 0 Å². The van der Waals surface area contributed by atoms with Crippen molar-refractivity contribution in [2.24, 2.45) is 0 Å². The van der Waals surface area contributed by atoms with Crippen molar-refractivity contribution in [1.82, 2.24) is 15.0 Å². The minimum Gasteiger partial charge on any atom is -0.494 e. The SMILES string of the molecule is [2H]C([2H])([2H])Oc1cc(N(CCOS(C)(=O)=O)C([2H])([2H])[2H])c([N+](=O)[O-])cc1Nc1ncc(C(=O)OC(C)C)c(N2CC(C)(C)c3nc(C)ccc32)n1. The van der Waals surface area contributed by atoms with Crippen molar-refractivity contribution in [3.63, 3.8) is 0 Å². The van der Waals surface area contributed by atoms with Gasteiger partial charge in [0, 0.05) is 53.6 Å². The summed E-state index contributed by atoms with van der Waals surface area (Å²) in [6.45, 7) is 5.02. The fourth-order valence-electron chi connectivity index (χ4n) is 4.69. The van der Waals surface area contributed by atoms with Gasteiger partial charge in [0.1, 0.15) is 17.0 Å². The van der Waals surface area contributed by atoms with E-state index in [1.54, 1.807) is 24.8 Å². The van der Waals surface area contributed by atoms with Crippen molar-refractivity contribution in [1.29, 1.82) is 0 Å². The fourth-order valence-corrected chi connectivity index (χ4v) is 5.07. The summed E-state index contributed by atoms with van der Waals surface area (Å²) in [6.07, 6.45) is 1.44. The molecule has 1 aromatic carbocycles. The monoisotopic (exact) mass is 649 g/mol. The number of aryl methyl sites for hydroxylation is 1. The second-order valence-corrected chi connectivity index (χ2v) is 12.8. The number of methoxy groups -OCH3 is 1. The molecular formula is C29H37N7O8S. The van der Waals surface area contributed by atoms with E-state index in [0.717, 1.165) is 29.8 Å². The highest BCUT2D eigenvalue weighted by Gasteiger charge is 2.40. The first kappa shape index (κ1) is 25.7. The van der Waals surface area contributed by atoms with Gasteiger partial charge in [-0.3, -0.25) is 19.3 Å². The number of hydrogen-bond acceptors (Lipinski definition) is 14. The first-order valence-electron chi connectivity index (χ1n) is 16.6. The highest BCUT2D eigenvalue weighted by atomic mass is 32.2. The molecule has 0 spiro atoms. The van der Waals surface area contributed by atoms with Crippen LogP contribution in [0.15, 0.2) is 30.5 Å². The third-order valence-corrected chi connectivity index (χ3v) is 7.21. The van der Waals surface area contributed by atoms with Crippen LogP contribution in [0.2, 0.25) is 0 Å². The zero-order chi connectivity index (χ0) is 38.3. The Bertz CT molecular complexity index is 1940. The van der Waals surface area contributed by atoms with Crippen LogP contribution in [0.3, 0.4) is 0 Å². The number of fused-ring (bicyclic) bond motifs is 1. The third kappa shape index (κ3) is 7.57. The number of esters is 1. The average molecular weight is 650 g/mol. The van der Waals surface area contributed by atoms with E-state index in [0.29, 0.717) is 17.1 Å². The number of rotatable bonds is 12. The highest BCUT2D eigenvalue weighted by Crippen LogP contribution is 2.44. The number of benzene rings is 1. The van der Waals surface area contributed by atoms with Gasteiger partial charge in [-0.2, -0.15) is 13.4 Å². The van der Waals surface area contributed by atoms with Crippen LogP contribution in [-0.4, -0.2) is 80.3 Å². The summed E-state index contributed by atoms with van der Waals surface area (Å²) in [5.74, 6) is -1.44. The number of nitrogens with zero attached hydrogens (tertiary/aromatic N) is 6. The molecule has 0 bridgehead atoms. The normalized spacial score (nSPS) is 16.4. The number of pyridine rings is 1. The molecule has 0 unspecified atom stereocenters. The first-order valence-corrected chi connectivity index (χ1v) is 15.4. The summed E-state index contributed by atoms with van der Waals surface area (Å²) in [4.78, 5) is 40.4. The number of nitrogens with one attached hydrogen (secondary N) is 1. The van der Waals surface area contributed by atoms with Crippen molar-refractivity contribution in [2.45, 2.75) is 46.1 Å². The molecule has 0 amide bonds. The molecule has 1 N–H and O–H groups in total. The molecule has 0 fully saturated rings. The van der Waals surface area contributed by atoms with Gasteiger partial charge in [-0.05, 0) is 32.9 Å². The molecule has 1 aliphatic heterocycles. The Kier molecular flexibility index (Phi) is 7.32. The number of anilines is 5. The number of hydrogen-bond donors (Lipinski definition) is 1. The van der Waals surface area contributed by atoms with Gasteiger partial charge in [-0.25, -0.2) is 9.78 Å². The molecule has 16 heteroatoms. The molecule has 1 aliphatic rings. The summed E-state index contributed by atoms with van der Waals surface area (Å²) >= 11 is 0. The van der Waals surface area contributed by atoms with Crippen LogP contribution < -0.4 is 19.9 Å². The Balaban J connectivity index is 1.88. The lowest BCUT2D eigenvalue weighted by atomic mass is 9.91. The van der Waals surface area contributed by atoms with Gasteiger partial charge < -0.3 is 24.6 Å². The van der Waals surface area contributed by atoms with Gasteiger partial charge in [0.15, 0.2) is 5.82 Å². The third-order valence-electron chi connectivity index (χ3n) is 6.62. The highest BCUT2D eigenvalue weighted by molar-refractivity contribution is 7.85. The predicted molar refractivity (Wildman–Crippen MR) is 169 cm³/mol. The quantitative estimate of drug-likeness (QED) is 0.127. The summed E-state index contributed by atoms with van der Waals surface area (Å²) < 4.78 is 85.3. The van der Waals surface area contributed by atoms with Gasteiger partial charge >= 0.3 is 5.97 Å². The predicted octanol–water partition coefficient (Wildman–Crippen LogP) is 4.25. The van der Waals surface area contributed by atoms with Gasteiger partial charge in [0.25, 0.3) is 15.8 Å². The minimum atomic E-state index is -4.00. The summed E-state index contributed by atoms with van der Waals surface area (Å²) in [5, 5.41) is 15.0. The van der Waals surface area contributed by atoms with Crippen LogP contribution in [-0.2, 0) is 24.5 Å². The largest absolute Gasteiger partial charge is 0.494 e. The van der Waals surface area contributed by atoms with E-state index in [2.05, 4.69) is 19.5 Å². The lowest BCUT2D eigenvalue weighted by molar-refractivity contribution is -0.384. The Morgan fingerprint density at radius 1 is 1.29 bits per heavy atom. The molecular weight excluding hydrogens is 606 g/mol. The number of aromatic nitrogens is 3. The molecule has 3 aromatic rings. The Labute approximate surface area is 270 Å². The molecule has 2 aromatic heterocycles. The number of nitro groups is 1. The summed E-state index contributed by atoms with van der Waals surface area (Å²) in [6, 6.07) is 5.29. The maximum Gasteiger partial charge on any atom is 0.343 e. The van der Waals surface area contributed by atoms with Crippen molar-refractivity contribution in [3.8, 4) is 5.75 Å². The first-order chi connectivity index (χ1) is 23.4. The number of ether oxygens (including phenoxy) is 2. The maximum absolute atomic E-state index is 13.3. The number of nitro benzene ring substituents is 1. The van der Waals surface area contributed by atoms with Gasteiger partial charge in [0.2, 0.25) is 5.95 Å². The number of carbonyl (C=O) groups is 1. The van der Waals surface area contributed by atoms with E-state index in [1.165, 1.54) is 6.20 Å². The second-order valence-electron chi connectivity index (χ2n) is 11.2. The summed E-state index contributed by atoms with van der Waals surface area (Å²) in [5.41, 5.74) is -0.0966. The van der Waals surface area contributed by atoms with Crippen molar-refractivity contribution < 1.29 is 40.0 Å². The van der Waals surface area contributed by atoms with E-state index in [4.69, 9.17) is 22.7 Å². The lowest BCUT2D eigenvalue weighted by Gasteiger charge is -2.24. The van der Waals surface area contributed by atoms with Crippen molar-refractivity contribution in [3.05, 3.63) is 57.5 Å². The molecule has 45 heavy (non-hydrogen) atoms. The zero-order valence-electron chi connectivity index (χ0n) is 31.4. The van der Waals surface area contributed by atoms with Crippen LogP contribution in [0.4, 0.5) is 34.5 Å². The van der Waals surface area contributed by atoms with Gasteiger partial charge in [0.05, 0.1) is 52.1 Å². The molecule has 0 atom stereocenters. The lowest BCUT2D eigenvalue weighted by Crippen LogP contribution is -2.28. The fraction of sp³-hybridized carbons (Fsp3) is 0.448. The van der Waals surface area contributed by atoms with Crippen LogP contribution in [0.5, 0.6) is 5.75 Å². The van der Waals surface area contributed by atoms with E-state index in [-0.39, 0.29) is 23.0 Å². The standard InChI is InChI=1S/C29H37N7O8S/c1-17(2)44-27(37)19-15-30-28(33-26(19)35-16-29(4,5)25-21(35)10-9-18(3)31-25)32-20-13-23(36(38)39)22(14-24(20)42-7)34(6)11-12-43-45(8,40)41/h9-10,13-15,17H,11-12,16H2,1-8H3,(H,30,32,33)/i6D3,7D3. The molecule has 242 valence electrons. The zero-order valence-corrected chi connectivity index (χ0v) is 26.3. The molecule has 0 saturated heterocycles. The molecule has 3 heterocycles. The molecule has 15 nitrogen and oxygen atoms in total. The average Bonchev–Trinajstić information content (AvgIpc) is 3.23. The van der Waals surface area contributed by atoms with Gasteiger partial charge in [-0.1, -0.05) is 13.8 Å². The molecule has 0 aliphatic carbocycles. The van der Waals surface area contributed by atoms with Crippen LogP contribution in [0, 0.1) is 17.0 Å². The Hall–Kier alpha value is -4.57. The molecule has 0 saturated carbocycles. The summed E-state index contributed by atoms with van der Waals surface area (Å²) in [7, 11) is -7.12. The number of carbonyl (C=O) groups excluding carboxylic acids is 1. The van der Waals surface area contributed by atoms with E-state index < -0.39 is 76.8 Å². The molecule has 0 radical (unpaired) electrons. The van der Waals surface area contributed by atoms with E-state index in [9.17, 15) is 23.3 Å². The van der Waals surface area contributed by atoms with Crippen molar-refractivity contribution in [2.75, 3.05) is 55.1 Å². The second kappa shape index (κ2) is 12.8. The van der Waals surface area contributed by atoms with Crippen LogP contribution in [0.1, 0.15) is 57.7 Å². The van der Waals surface area contributed by atoms with Crippen LogP contribution in [0.25, 0.3) is 0 Å². The van der Waals surface area contributed by atoms with Crippen LogP contribution >= 0.6 is 0 Å². The topological polar surface area (TPSA) is 179 Å². The Morgan fingerprint density at radius 3 is 2.69 bits per heavy atom. The van der Waals surface area contributed by atoms with E-state index >= 15 is 0 Å². The van der Waals surface area contributed by atoms with Crippen molar-refractivity contribution >= 4 is 50.6 Å². The maximum atomic E-state index is 13.3. The minimum absolute atomic E-state index is 0.0107. The number of likely N-dealkylation sites (N-methyl/N-ethyl adjacent to an activating group) is 1. The van der Waals surface area contributed by atoms with E-state index in [1.807, 2.05) is 26.8 Å². The Morgan fingerprint density at radius 2 is 2.04 bits per heavy atom. The molecule has 4 rings (SSSR count). The smallest absolute Gasteiger partial charge is 0.343 e.